The topological polar surface area (TPSA) is 57.5 Å². The van der Waals surface area contributed by atoms with Gasteiger partial charge in [-0.05, 0) is 12.8 Å². The third kappa shape index (κ3) is 36.9. The van der Waals surface area contributed by atoms with Gasteiger partial charge in [0.15, 0.2) is 0 Å². The Balaban J connectivity index is 0. The normalized spacial score (nSPS) is 7.17. The highest BCUT2D eigenvalue weighted by Gasteiger charge is 1.70. The predicted molar refractivity (Wildman–Crippen MR) is 48.2 cm³/mol. The number of hydrogen-bond donors (Lipinski definition) is 2. The third-order valence-electron chi connectivity index (χ3n) is 0.875. The van der Waals surface area contributed by atoms with E-state index in [0.29, 0.717) is 0 Å². The van der Waals surface area contributed by atoms with Gasteiger partial charge in [0.1, 0.15) is 0 Å². The molecule has 70 valence electrons. The average Bonchev–Trinajstić information content (AvgIpc) is 1.97. The summed E-state index contributed by atoms with van der Waals surface area (Å²) < 4.78 is 0. The first kappa shape index (κ1) is 13.4. The van der Waals surface area contributed by atoms with Crippen LogP contribution in [0.1, 0.15) is 39.5 Å². The van der Waals surface area contributed by atoms with Crippen molar-refractivity contribution in [2.45, 2.75) is 39.5 Å². The Morgan fingerprint density at radius 1 is 1.08 bits per heavy atom. The highest BCUT2D eigenvalue weighted by Crippen LogP contribution is 1.85. The van der Waals surface area contributed by atoms with Gasteiger partial charge in [-0.2, -0.15) is 0 Å². The number of carbonyl (C=O) groups is 1. The second-order valence-corrected chi connectivity index (χ2v) is 2.14. The maximum absolute atomic E-state index is 8.56. The summed E-state index contributed by atoms with van der Waals surface area (Å²) in [7, 11) is 0. The Kier molecular flexibility index (Phi) is 14.0. The molecule has 0 radical (unpaired) electrons. The fraction of sp³-hybridized carbons (Fsp3) is 0.667. The maximum Gasteiger partial charge on any atom is 0.503 e. The van der Waals surface area contributed by atoms with Gasteiger partial charge in [-0.25, -0.2) is 4.79 Å². The van der Waals surface area contributed by atoms with Gasteiger partial charge in [-0.3, -0.25) is 0 Å². The standard InChI is InChI=1S/C8H14.CH2O3/c1-3-5-7-8-6-4-2;2-1(3)4/h3-6H2,1-2H3;(H2,2,3,4). The fourth-order valence-electron chi connectivity index (χ4n) is 0.427. The van der Waals surface area contributed by atoms with E-state index in [4.69, 9.17) is 15.0 Å². The van der Waals surface area contributed by atoms with Gasteiger partial charge in [0.25, 0.3) is 0 Å². The molecule has 12 heavy (non-hydrogen) atoms. The van der Waals surface area contributed by atoms with Crippen molar-refractivity contribution in [3.8, 4) is 11.8 Å². The number of unbranched alkanes of at least 4 members (excludes halogenated alkanes) is 2. The lowest BCUT2D eigenvalue weighted by molar-refractivity contribution is 0.137. The fourth-order valence-corrected chi connectivity index (χ4v) is 0.427. The molecule has 0 rings (SSSR count). The van der Waals surface area contributed by atoms with Crippen LogP contribution in [0.25, 0.3) is 0 Å². The van der Waals surface area contributed by atoms with Gasteiger partial charge < -0.3 is 10.2 Å². The molecule has 0 aliphatic heterocycles. The molecule has 0 unspecified atom stereocenters. The molecule has 0 amide bonds. The summed E-state index contributed by atoms with van der Waals surface area (Å²) in [6.45, 7) is 4.31. The van der Waals surface area contributed by atoms with Crippen LogP contribution in [0.5, 0.6) is 0 Å². The number of hydrogen-bond acceptors (Lipinski definition) is 1. The van der Waals surface area contributed by atoms with E-state index in [0.717, 1.165) is 12.8 Å². The summed E-state index contributed by atoms with van der Waals surface area (Å²) in [5.74, 6) is 6.17. The summed E-state index contributed by atoms with van der Waals surface area (Å²) in [5.41, 5.74) is 0. The van der Waals surface area contributed by atoms with E-state index in [-0.39, 0.29) is 0 Å². The first-order valence-corrected chi connectivity index (χ1v) is 4.02. The SMILES string of the molecule is CCCC#CCCC.O=C(O)O. The molecule has 0 aromatic heterocycles. The molecule has 0 aliphatic carbocycles. The zero-order valence-electron chi connectivity index (χ0n) is 7.63. The van der Waals surface area contributed by atoms with E-state index in [2.05, 4.69) is 25.7 Å². The Morgan fingerprint density at radius 3 is 1.50 bits per heavy atom. The largest absolute Gasteiger partial charge is 0.503 e. The minimum atomic E-state index is -1.83. The molecular weight excluding hydrogens is 156 g/mol. The van der Waals surface area contributed by atoms with Crippen molar-refractivity contribution in [1.82, 2.24) is 0 Å². The zero-order chi connectivity index (χ0) is 9.82. The van der Waals surface area contributed by atoms with Crippen LogP contribution in [0.2, 0.25) is 0 Å². The smallest absolute Gasteiger partial charge is 0.450 e. The van der Waals surface area contributed by atoms with Crippen LogP contribution in [-0.2, 0) is 0 Å². The Morgan fingerprint density at radius 2 is 1.33 bits per heavy atom. The molecule has 0 fully saturated rings. The van der Waals surface area contributed by atoms with Gasteiger partial charge in [0, 0.05) is 12.8 Å². The first-order chi connectivity index (χ1) is 5.65. The zero-order valence-corrected chi connectivity index (χ0v) is 7.63. The third-order valence-corrected chi connectivity index (χ3v) is 0.875. The van der Waals surface area contributed by atoms with E-state index < -0.39 is 6.16 Å². The molecule has 0 spiro atoms. The summed E-state index contributed by atoms with van der Waals surface area (Å²) in [6, 6.07) is 0. The molecule has 2 N–H and O–H groups in total. The van der Waals surface area contributed by atoms with Crippen LogP contribution in [0.4, 0.5) is 4.79 Å². The van der Waals surface area contributed by atoms with Gasteiger partial charge in [-0.1, -0.05) is 13.8 Å². The van der Waals surface area contributed by atoms with Gasteiger partial charge >= 0.3 is 6.16 Å². The van der Waals surface area contributed by atoms with Crippen molar-refractivity contribution in [3.05, 3.63) is 0 Å². The summed E-state index contributed by atoms with van der Waals surface area (Å²) in [6.07, 6.45) is 2.69. The minimum Gasteiger partial charge on any atom is -0.450 e. The molecule has 0 aliphatic rings. The lowest BCUT2D eigenvalue weighted by Gasteiger charge is -1.78. The Hall–Kier alpha value is -1.17. The molecule has 0 atom stereocenters. The molecule has 0 saturated carbocycles. The van der Waals surface area contributed by atoms with E-state index >= 15 is 0 Å². The van der Waals surface area contributed by atoms with Crippen LogP contribution in [0.3, 0.4) is 0 Å². The van der Waals surface area contributed by atoms with Crippen LogP contribution in [0, 0.1) is 11.8 Å². The molecule has 0 saturated heterocycles. The molecule has 0 aromatic rings. The van der Waals surface area contributed by atoms with Crippen LogP contribution >= 0.6 is 0 Å². The maximum atomic E-state index is 8.56. The van der Waals surface area contributed by atoms with Crippen molar-refractivity contribution in [2.24, 2.45) is 0 Å². The quantitative estimate of drug-likeness (QED) is 0.629. The van der Waals surface area contributed by atoms with Gasteiger partial charge in [-0.15, -0.1) is 11.8 Å². The average molecular weight is 172 g/mol. The molecule has 0 heterocycles. The molecule has 3 heteroatoms. The van der Waals surface area contributed by atoms with E-state index in [9.17, 15) is 0 Å². The van der Waals surface area contributed by atoms with Crippen molar-refractivity contribution in [1.29, 1.82) is 0 Å². The number of rotatable bonds is 2. The highest BCUT2D eigenvalue weighted by molar-refractivity contribution is 5.53. The molecular formula is C9H16O3. The minimum absolute atomic E-state index is 1.07. The molecule has 0 aromatic carbocycles. The van der Waals surface area contributed by atoms with Gasteiger partial charge in [0.05, 0.1) is 0 Å². The van der Waals surface area contributed by atoms with Crippen molar-refractivity contribution in [3.63, 3.8) is 0 Å². The van der Waals surface area contributed by atoms with Crippen LogP contribution < -0.4 is 0 Å². The summed E-state index contributed by atoms with van der Waals surface area (Å²) >= 11 is 0. The summed E-state index contributed by atoms with van der Waals surface area (Å²) in [4.78, 5) is 8.56. The van der Waals surface area contributed by atoms with Crippen LogP contribution in [0.15, 0.2) is 0 Å². The van der Waals surface area contributed by atoms with E-state index in [1.165, 1.54) is 12.8 Å². The Labute approximate surface area is 73.4 Å². The monoisotopic (exact) mass is 172 g/mol. The second-order valence-electron chi connectivity index (χ2n) is 2.14. The lowest BCUT2D eigenvalue weighted by Crippen LogP contribution is -1.81. The van der Waals surface area contributed by atoms with Gasteiger partial charge in [0.2, 0.25) is 0 Å². The lowest BCUT2D eigenvalue weighted by atomic mass is 10.3. The van der Waals surface area contributed by atoms with E-state index in [1.54, 1.807) is 0 Å². The van der Waals surface area contributed by atoms with Crippen molar-refractivity contribution < 1.29 is 15.0 Å². The predicted octanol–water partition coefficient (Wildman–Crippen LogP) is 2.81. The highest BCUT2D eigenvalue weighted by atomic mass is 16.6. The van der Waals surface area contributed by atoms with Crippen LogP contribution in [-0.4, -0.2) is 16.4 Å². The molecule has 3 nitrogen and oxygen atoms in total. The Bertz CT molecular complexity index is 139. The van der Waals surface area contributed by atoms with Crippen molar-refractivity contribution in [2.75, 3.05) is 0 Å². The van der Waals surface area contributed by atoms with E-state index in [1.807, 2.05) is 0 Å². The first-order valence-electron chi connectivity index (χ1n) is 4.02. The second kappa shape index (κ2) is 12.5. The molecule has 0 bridgehead atoms. The summed E-state index contributed by atoms with van der Waals surface area (Å²) in [5, 5.41) is 13.9. The number of carboxylic acid groups (broad SMARTS) is 2. The van der Waals surface area contributed by atoms with Crippen molar-refractivity contribution >= 4 is 6.16 Å².